The molecule has 1 atom stereocenters. The Bertz CT molecular complexity index is 745. The Kier molecular flexibility index (Phi) is 6.23. The van der Waals surface area contributed by atoms with Crippen LogP contribution in [0.15, 0.2) is 34.5 Å². The summed E-state index contributed by atoms with van der Waals surface area (Å²) >= 11 is 1.15. The van der Waals surface area contributed by atoms with Gasteiger partial charge in [-0.1, -0.05) is 11.8 Å². The van der Waals surface area contributed by atoms with Crippen LogP contribution in [0.4, 0.5) is 5.69 Å². The first-order valence-electron chi connectivity index (χ1n) is 7.52. The number of nitro benzene ring substituents is 1. The highest BCUT2D eigenvalue weighted by Crippen LogP contribution is 2.22. The van der Waals surface area contributed by atoms with Gasteiger partial charge in [-0.3, -0.25) is 19.7 Å². The number of non-ortho nitro benzene ring substituents is 1. The molecule has 10 heteroatoms. The third-order valence-electron chi connectivity index (χ3n) is 3.31. The van der Waals surface area contributed by atoms with Crippen LogP contribution in [0.2, 0.25) is 0 Å². The summed E-state index contributed by atoms with van der Waals surface area (Å²) in [7, 11) is 0. The highest BCUT2D eigenvalue weighted by atomic mass is 32.2. The average molecular weight is 363 g/mol. The van der Waals surface area contributed by atoms with Crippen LogP contribution in [0.3, 0.4) is 0 Å². The van der Waals surface area contributed by atoms with Crippen molar-refractivity contribution in [2.45, 2.75) is 25.5 Å². The second-order valence-electron chi connectivity index (χ2n) is 5.15. The standard InChI is InChI=1S/C15H17N5O4S/c1-3-16-13(21)8-12-14(22)17-15(25-12)19-18-9(2)10-4-6-11(7-5-10)20(23)24/h4-7,12H,3,8H2,1-2H3,(H,16,21)(H,17,19,22). The number of carbonyl (C=O) groups excluding carboxylic acids is 2. The normalized spacial score (nSPS) is 19.0. The molecule has 25 heavy (non-hydrogen) atoms. The first kappa shape index (κ1) is 18.6. The van der Waals surface area contributed by atoms with Crippen molar-refractivity contribution in [2.24, 2.45) is 10.2 Å². The highest BCUT2D eigenvalue weighted by molar-refractivity contribution is 8.15. The number of nitrogens with one attached hydrogen (secondary N) is 2. The molecule has 132 valence electrons. The molecule has 0 bridgehead atoms. The van der Waals surface area contributed by atoms with Crippen LogP contribution in [0.25, 0.3) is 0 Å². The zero-order valence-electron chi connectivity index (χ0n) is 13.7. The molecule has 1 fully saturated rings. The molecule has 9 nitrogen and oxygen atoms in total. The van der Waals surface area contributed by atoms with E-state index in [2.05, 4.69) is 20.8 Å². The summed E-state index contributed by atoms with van der Waals surface area (Å²) < 4.78 is 0. The Balaban J connectivity index is 2.02. The van der Waals surface area contributed by atoms with E-state index in [1.54, 1.807) is 19.1 Å². The topological polar surface area (TPSA) is 126 Å². The van der Waals surface area contributed by atoms with Crippen LogP contribution >= 0.6 is 11.8 Å². The lowest BCUT2D eigenvalue weighted by Crippen LogP contribution is -2.31. The van der Waals surface area contributed by atoms with Gasteiger partial charge >= 0.3 is 0 Å². The summed E-state index contributed by atoms with van der Waals surface area (Å²) in [5.41, 5.74) is 1.22. The van der Waals surface area contributed by atoms with Crippen LogP contribution in [0, 0.1) is 10.1 Å². The molecule has 1 aliphatic heterocycles. The van der Waals surface area contributed by atoms with E-state index in [-0.39, 0.29) is 23.9 Å². The van der Waals surface area contributed by atoms with Crippen LogP contribution < -0.4 is 10.6 Å². The van der Waals surface area contributed by atoms with Gasteiger partial charge in [0.25, 0.3) is 5.69 Å². The molecule has 0 spiro atoms. The van der Waals surface area contributed by atoms with Gasteiger partial charge in [0.1, 0.15) is 5.25 Å². The van der Waals surface area contributed by atoms with Gasteiger partial charge in [0, 0.05) is 25.1 Å². The van der Waals surface area contributed by atoms with E-state index < -0.39 is 10.2 Å². The summed E-state index contributed by atoms with van der Waals surface area (Å²) in [6.07, 6.45) is 0.0778. The maximum atomic E-state index is 11.8. The number of benzene rings is 1. The van der Waals surface area contributed by atoms with Crippen molar-refractivity contribution in [1.82, 2.24) is 10.6 Å². The number of carbonyl (C=O) groups is 2. The Hall–Kier alpha value is -2.75. The zero-order chi connectivity index (χ0) is 18.4. The summed E-state index contributed by atoms with van der Waals surface area (Å²) in [4.78, 5) is 33.6. The fraction of sp³-hybridized carbons (Fsp3) is 0.333. The van der Waals surface area contributed by atoms with E-state index in [0.29, 0.717) is 23.0 Å². The number of nitrogens with zero attached hydrogens (tertiary/aromatic N) is 3. The SMILES string of the molecule is CCNC(=O)CC1SC(=NN=C(C)c2ccc([N+](=O)[O-])cc2)NC1=O. The van der Waals surface area contributed by atoms with E-state index in [4.69, 9.17) is 0 Å². The fourth-order valence-electron chi connectivity index (χ4n) is 2.03. The lowest BCUT2D eigenvalue weighted by Gasteiger charge is -2.04. The molecule has 1 aliphatic rings. The molecule has 1 aromatic carbocycles. The van der Waals surface area contributed by atoms with Crippen LogP contribution in [0.1, 0.15) is 25.8 Å². The molecule has 2 N–H and O–H groups in total. The summed E-state index contributed by atoms with van der Waals surface area (Å²) in [5.74, 6) is -0.472. The molecule has 2 amide bonds. The second-order valence-corrected chi connectivity index (χ2v) is 6.34. The largest absolute Gasteiger partial charge is 0.356 e. The third kappa shape index (κ3) is 5.11. The summed E-state index contributed by atoms with van der Waals surface area (Å²) in [5, 5.41) is 23.7. The average Bonchev–Trinajstić information content (AvgIpc) is 2.92. The first-order valence-corrected chi connectivity index (χ1v) is 8.40. The smallest absolute Gasteiger partial charge is 0.269 e. The van der Waals surface area contributed by atoms with E-state index in [1.807, 2.05) is 6.92 Å². The second kappa shape index (κ2) is 8.38. The summed E-state index contributed by atoms with van der Waals surface area (Å²) in [6.45, 7) is 4.03. The number of hydrogen-bond donors (Lipinski definition) is 2. The Morgan fingerprint density at radius 3 is 2.68 bits per heavy atom. The van der Waals surface area contributed by atoms with E-state index >= 15 is 0 Å². The van der Waals surface area contributed by atoms with Crippen LogP contribution in [-0.2, 0) is 9.59 Å². The van der Waals surface area contributed by atoms with Gasteiger partial charge in [-0.2, -0.15) is 5.10 Å². The fourth-order valence-corrected chi connectivity index (χ4v) is 2.94. The lowest BCUT2D eigenvalue weighted by atomic mass is 10.1. The lowest BCUT2D eigenvalue weighted by molar-refractivity contribution is -0.384. The van der Waals surface area contributed by atoms with Crippen molar-refractivity contribution in [3.8, 4) is 0 Å². The van der Waals surface area contributed by atoms with Gasteiger partial charge in [0.2, 0.25) is 11.8 Å². The van der Waals surface area contributed by atoms with Crippen LogP contribution in [0.5, 0.6) is 0 Å². The Morgan fingerprint density at radius 2 is 2.08 bits per heavy atom. The molecule has 1 saturated heterocycles. The number of rotatable bonds is 6. The van der Waals surface area contributed by atoms with Gasteiger partial charge in [-0.25, -0.2) is 0 Å². The first-order chi connectivity index (χ1) is 11.9. The number of hydrogen-bond acceptors (Lipinski definition) is 7. The molecular formula is C15H17N5O4S. The minimum absolute atomic E-state index is 0.00493. The predicted octanol–water partition coefficient (Wildman–Crippen LogP) is 1.43. The molecule has 1 heterocycles. The van der Waals surface area contributed by atoms with Crippen molar-refractivity contribution in [3.05, 3.63) is 39.9 Å². The quantitative estimate of drug-likeness (QED) is 0.449. The summed E-state index contributed by atoms with van der Waals surface area (Å²) in [6, 6.07) is 5.93. The van der Waals surface area contributed by atoms with Gasteiger partial charge in [0.15, 0.2) is 5.17 Å². The highest BCUT2D eigenvalue weighted by Gasteiger charge is 2.32. The van der Waals surface area contributed by atoms with Gasteiger partial charge in [-0.05, 0) is 31.5 Å². The van der Waals surface area contributed by atoms with Crippen molar-refractivity contribution >= 4 is 40.1 Å². The predicted molar refractivity (Wildman–Crippen MR) is 95.6 cm³/mol. The maximum Gasteiger partial charge on any atom is 0.269 e. The number of amides is 2. The molecule has 1 aromatic rings. The molecule has 1 unspecified atom stereocenters. The third-order valence-corrected chi connectivity index (χ3v) is 4.38. The van der Waals surface area contributed by atoms with Gasteiger partial charge in [0.05, 0.1) is 10.6 Å². The van der Waals surface area contributed by atoms with Crippen molar-refractivity contribution in [3.63, 3.8) is 0 Å². The number of amidine groups is 1. The zero-order valence-corrected chi connectivity index (χ0v) is 14.5. The molecule has 0 saturated carbocycles. The van der Waals surface area contributed by atoms with E-state index in [9.17, 15) is 19.7 Å². The minimum Gasteiger partial charge on any atom is -0.356 e. The number of thioether (sulfide) groups is 1. The molecule has 0 aromatic heterocycles. The maximum absolute atomic E-state index is 11.8. The number of nitro groups is 1. The molecular weight excluding hydrogens is 346 g/mol. The van der Waals surface area contributed by atoms with Crippen LogP contribution in [-0.4, -0.2) is 39.4 Å². The van der Waals surface area contributed by atoms with E-state index in [1.165, 1.54) is 12.1 Å². The van der Waals surface area contributed by atoms with Crippen molar-refractivity contribution in [2.75, 3.05) is 6.54 Å². The molecule has 0 aliphatic carbocycles. The van der Waals surface area contributed by atoms with Gasteiger partial charge in [-0.15, -0.1) is 5.10 Å². The van der Waals surface area contributed by atoms with E-state index in [0.717, 1.165) is 11.8 Å². The Labute approximate surface area is 148 Å². The van der Waals surface area contributed by atoms with Gasteiger partial charge < -0.3 is 10.6 Å². The monoisotopic (exact) mass is 363 g/mol. The minimum atomic E-state index is -0.528. The van der Waals surface area contributed by atoms with Crippen molar-refractivity contribution in [1.29, 1.82) is 0 Å². The van der Waals surface area contributed by atoms with Crippen molar-refractivity contribution < 1.29 is 14.5 Å². The molecule has 0 radical (unpaired) electrons. The Morgan fingerprint density at radius 1 is 1.40 bits per heavy atom. The molecule has 2 rings (SSSR count).